The molecule has 0 saturated carbocycles. The van der Waals surface area contributed by atoms with Gasteiger partial charge in [-0.2, -0.15) is 9.98 Å². The molecule has 0 spiro atoms. The molecule has 1 aromatic carbocycles. The van der Waals surface area contributed by atoms with E-state index in [9.17, 15) is 0 Å². The Morgan fingerprint density at radius 1 is 1.00 bits per heavy atom. The SMILES string of the molecule is C1=NC=NC2=CN=C[N+]12c1cncn1-c1ccccc1. The van der Waals surface area contributed by atoms with Crippen molar-refractivity contribution in [3.63, 3.8) is 0 Å². The Hall–Kier alpha value is -2.86. The fraction of sp³-hybridized carbons (Fsp3) is 0. The van der Waals surface area contributed by atoms with Gasteiger partial charge in [0.1, 0.15) is 25.1 Å². The van der Waals surface area contributed by atoms with Gasteiger partial charge in [0.05, 0.1) is 5.69 Å². The molecule has 1 unspecified atom stereocenters. The van der Waals surface area contributed by atoms with Gasteiger partial charge in [-0.05, 0) is 12.1 Å². The maximum atomic E-state index is 4.30. The van der Waals surface area contributed by atoms with Gasteiger partial charge in [-0.15, -0.1) is 4.48 Å². The molecule has 2 aromatic rings. The Labute approximate surface area is 115 Å². The second-order valence-corrected chi connectivity index (χ2v) is 4.50. The van der Waals surface area contributed by atoms with Gasteiger partial charge in [0, 0.05) is 0 Å². The number of nitrogens with zero attached hydrogens (tertiary/aromatic N) is 6. The minimum Gasteiger partial charge on any atom is -0.254 e. The molecule has 0 aliphatic carbocycles. The molecule has 1 atom stereocenters. The molecule has 96 valence electrons. The third kappa shape index (κ3) is 1.42. The first-order valence-electron chi connectivity index (χ1n) is 6.19. The van der Waals surface area contributed by atoms with Gasteiger partial charge in [-0.25, -0.2) is 9.98 Å². The molecule has 6 nitrogen and oxygen atoms in total. The van der Waals surface area contributed by atoms with Crippen molar-refractivity contribution in [1.29, 1.82) is 0 Å². The Balaban J connectivity index is 1.91. The van der Waals surface area contributed by atoms with Crippen molar-refractivity contribution in [2.24, 2.45) is 15.0 Å². The minimum atomic E-state index is 0.255. The molecule has 0 N–H and O–H groups in total. The van der Waals surface area contributed by atoms with E-state index in [1.807, 2.05) is 41.1 Å². The summed E-state index contributed by atoms with van der Waals surface area (Å²) in [5, 5.41) is 0. The quantitative estimate of drug-likeness (QED) is 0.765. The number of imidazole rings is 1. The average Bonchev–Trinajstić information content (AvgIpc) is 3.15. The summed E-state index contributed by atoms with van der Waals surface area (Å²) in [6.07, 6.45) is 10.5. The smallest absolute Gasteiger partial charge is 0.254 e. The highest BCUT2D eigenvalue weighted by Crippen LogP contribution is 2.32. The van der Waals surface area contributed by atoms with Crippen molar-refractivity contribution < 1.29 is 0 Å². The van der Waals surface area contributed by atoms with Gasteiger partial charge in [-0.3, -0.25) is 4.57 Å². The van der Waals surface area contributed by atoms with Crippen molar-refractivity contribution >= 4 is 24.8 Å². The Morgan fingerprint density at radius 2 is 1.85 bits per heavy atom. The lowest BCUT2D eigenvalue weighted by molar-refractivity contribution is 0.708. The molecule has 0 saturated heterocycles. The molecule has 3 heterocycles. The zero-order chi connectivity index (χ0) is 13.4. The summed E-state index contributed by atoms with van der Waals surface area (Å²) in [5.74, 6) is 1.72. The molecule has 4 rings (SSSR count). The van der Waals surface area contributed by atoms with Crippen LogP contribution in [0.25, 0.3) is 5.69 Å². The van der Waals surface area contributed by atoms with Crippen LogP contribution in [-0.2, 0) is 0 Å². The number of aliphatic imine (C=N–C) groups is 3. The van der Waals surface area contributed by atoms with Crippen LogP contribution in [0.3, 0.4) is 0 Å². The first-order valence-corrected chi connectivity index (χ1v) is 6.19. The van der Waals surface area contributed by atoms with Gasteiger partial charge in [0.25, 0.3) is 11.6 Å². The van der Waals surface area contributed by atoms with E-state index in [4.69, 9.17) is 0 Å². The van der Waals surface area contributed by atoms with Crippen LogP contribution in [0.4, 0.5) is 5.82 Å². The molecule has 0 radical (unpaired) electrons. The molecular formula is C14H11N6+. The van der Waals surface area contributed by atoms with Crippen LogP contribution >= 0.6 is 0 Å². The summed E-state index contributed by atoms with van der Waals surface area (Å²) in [6.45, 7) is 0. The molecule has 2 aliphatic rings. The summed E-state index contributed by atoms with van der Waals surface area (Å²) in [6, 6.07) is 10.0. The number of rotatable bonds is 2. The van der Waals surface area contributed by atoms with E-state index in [2.05, 4.69) is 20.0 Å². The Kier molecular flexibility index (Phi) is 2.24. The van der Waals surface area contributed by atoms with E-state index in [-0.39, 0.29) is 4.48 Å². The molecular weight excluding hydrogens is 252 g/mol. The number of benzene rings is 1. The summed E-state index contributed by atoms with van der Waals surface area (Å²) in [5.41, 5.74) is 1.04. The van der Waals surface area contributed by atoms with Gasteiger partial charge >= 0.3 is 0 Å². The molecule has 6 heteroatoms. The van der Waals surface area contributed by atoms with Gasteiger partial charge < -0.3 is 0 Å². The van der Waals surface area contributed by atoms with Crippen molar-refractivity contribution in [3.05, 3.63) is 54.9 Å². The first kappa shape index (κ1) is 11.0. The molecule has 0 amide bonds. The summed E-state index contributed by atoms with van der Waals surface area (Å²) < 4.78 is 2.27. The Morgan fingerprint density at radius 3 is 2.75 bits per heavy atom. The van der Waals surface area contributed by atoms with Crippen molar-refractivity contribution in [1.82, 2.24) is 14.0 Å². The standard InChI is InChI=1S/C14H11N6/c1-2-4-12(5-3-1)19-9-15-7-14(19)20-10-16-6-13(20)18-8-17-11-20/h1-11H/q+1. The topological polar surface area (TPSA) is 54.9 Å². The van der Waals surface area contributed by atoms with E-state index in [1.165, 1.54) is 6.34 Å². The van der Waals surface area contributed by atoms with E-state index < -0.39 is 0 Å². The lowest BCUT2D eigenvalue weighted by Crippen LogP contribution is -2.45. The number of quaternary nitrogens is 1. The van der Waals surface area contributed by atoms with Crippen LogP contribution in [0, 0.1) is 0 Å². The molecule has 0 fully saturated rings. The van der Waals surface area contributed by atoms with Crippen LogP contribution < -0.4 is 4.48 Å². The number of fused-ring (bicyclic) bond motifs is 1. The van der Waals surface area contributed by atoms with E-state index >= 15 is 0 Å². The van der Waals surface area contributed by atoms with Crippen LogP contribution in [-0.4, -0.2) is 28.6 Å². The second kappa shape index (κ2) is 4.07. The molecule has 0 bridgehead atoms. The lowest BCUT2D eigenvalue weighted by atomic mass is 10.3. The maximum absolute atomic E-state index is 4.30. The van der Waals surface area contributed by atoms with Crippen LogP contribution in [0.1, 0.15) is 0 Å². The zero-order valence-corrected chi connectivity index (χ0v) is 10.5. The first-order chi connectivity index (χ1) is 9.90. The number of aromatic nitrogens is 2. The summed E-state index contributed by atoms with van der Waals surface area (Å²) >= 11 is 0. The monoisotopic (exact) mass is 263 g/mol. The molecule has 1 aromatic heterocycles. The number of para-hydroxylation sites is 1. The number of hydrogen-bond donors (Lipinski definition) is 0. The van der Waals surface area contributed by atoms with Gasteiger partial charge in [0.15, 0.2) is 0 Å². The maximum Gasteiger partial charge on any atom is 0.266 e. The second-order valence-electron chi connectivity index (χ2n) is 4.50. The lowest BCUT2D eigenvalue weighted by Gasteiger charge is -2.25. The molecule has 2 aliphatic heterocycles. The third-order valence-electron chi connectivity index (χ3n) is 3.36. The highest BCUT2D eigenvalue weighted by atomic mass is 15.5. The zero-order valence-electron chi connectivity index (χ0n) is 10.5. The fourth-order valence-corrected chi connectivity index (χ4v) is 2.39. The van der Waals surface area contributed by atoms with Crippen molar-refractivity contribution in [3.8, 4) is 5.69 Å². The van der Waals surface area contributed by atoms with E-state index in [0.29, 0.717) is 0 Å². The normalized spacial score (nSPS) is 22.9. The van der Waals surface area contributed by atoms with Crippen LogP contribution in [0.15, 0.2) is 69.9 Å². The van der Waals surface area contributed by atoms with Crippen molar-refractivity contribution in [2.45, 2.75) is 0 Å². The predicted octanol–water partition coefficient (Wildman–Crippen LogP) is 2.09. The predicted molar refractivity (Wildman–Crippen MR) is 78.9 cm³/mol. The summed E-state index contributed by atoms with van der Waals surface area (Å²) in [4.78, 5) is 17.0. The van der Waals surface area contributed by atoms with E-state index in [0.717, 1.165) is 17.3 Å². The average molecular weight is 263 g/mol. The highest BCUT2D eigenvalue weighted by molar-refractivity contribution is 6.01. The minimum absolute atomic E-state index is 0.255. The van der Waals surface area contributed by atoms with E-state index in [1.54, 1.807) is 25.2 Å². The Bertz CT molecular complexity index is 768. The van der Waals surface area contributed by atoms with Gasteiger partial charge in [-0.1, -0.05) is 18.2 Å². The molecule has 20 heavy (non-hydrogen) atoms. The van der Waals surface area contributed by atoms with Crippen LogP contribution in [0.2, 0.25) is 0 Å². The van der Waals surface area contributed by atoms with Crippen molar-refractivity contribution in [2.75, 3.05) is 0 Å². The van der Waals surface area contributed by atoms with Crippen LogP contribution in [0.5, 0.6) is 0 Å². The highest BCUT2D eigenvalue weighted by Gasteiger charge is 2.41. The summed E-state index contributed by atoms with van der Waals surface area (Å²) in [7, 11) is 0. The third-order valence-corrected chi connectivity index (χ3v) is 3.36. The largest absolute Gasteiger partial charge is 0.266 e. The van der Waals surface area contributed by atoms with Gasteiger partial charge in [0.2, 0.25) is 12.7 Å². The fourth-order valence-electron chi connectivity index (χ4n) is 2.39. The number of hydrogen-bond acceptors (Lipinski definition) is 4.